The molecule has 1 aromatic rings. The average Bonchev–Trinajstić information content (AvgIpc) is 3.12. The van der Waals surface area contributed by atoms with Crippen molar-refractivity contribution >= 4 is 12.6 Å². The molecule has 98 valence electrons. The van der Waals surface area contributed by atoms with Crippen LogP contribution >= 0.6 is 0 Å². The Morgan fingerprint density at radius 2 is 1.83 bits per heavy atom. The number of benzene rings is 1. The molecule has 0 saturated heterocycles. The van der Waals surface area contributed by atoms with E-state index in [1.54, 1.807) is 12.1 Å². The minimum Gasteiger partial charge on any atom is -0.423 e. The van der Waals surface area contributed by atoms with Gasteiger partial charge in [0.25, 0.3) is 0 Å². The van der Waals surface area contributed by atoms with Crippen LogP contribution in [-0.4, -0.2) is 34.7 Å². The SMILES string of the molecule is CC(C)CN(Cc1ccc(B(O)O)cc1)C1CC1. The van der Waals surface area contributed by atoms with Gasteiger partial charge in [-0.2, -0.15) is 0 Å². The molecule has 2 rings (SSSR count). The van der Waals surface area contributed by atoms with Gasteiger partial charge in [-0.1, -0.05) is 38.1 Å². The van der Waals surface area contributed by atoms with E-state index in [0.717, 1.165) is 19.1 Å². The molecule has 4 heteroatoms. The zero-order valence-electron chi connectivity index (χ0n) is 11.2. The summed E-state index contributed by atoms with van der Waals surface area (Å²) in [6.07, 6.45) is 2.64. The maximum atomic E-state index is 9.06. The molecule has 0 atom stereocenters. The third-order valence-corrected chi connectivity index (χ3v) is 3.33. The topological polar surface area (TPSA) is 43.7 Å². The van der Waals surface area contributed by atoms with E-state index in [9.17, 15) is 0 Å². The van der Waals surface area contributed by atoms with Crippen molar-refractivity contribution in [1.82, 2.24) is 4.90 Å². The highest BCUT2D eigenvalue weighted by atomic mass is 16.4. The first kappa shape index (κ1) is 13.6. The van der Waals surface area contributed by atoms with Gasteiger partial charge in [-0.15, -0.1) is 0 Å². The first-order chi connectivity index (χ1) is 8.56. The molecule has 2 N–H and O–H groups in total. The second kappa shape index (κ2) is 5.87. The maximum absolute atomic E-state index is 9.06. The fourth-order valence-corrected chi connectivity index (χ4v) is 2.28. The first-order valence-electron chi connectivity index (χ1n) is 6.75. The highest BCUT2D eigenvalue weighted by Crippen LogP contribution is 2.28. The van der Waals surface area contributed by atoms with Gasteiger partial charge in [0.15, 0.2) is 0 Å². The van der Waals surface area contributed by atoms with Crippen molar-refractivity contribution in [2.24, 2.45) is 5.92 Å². The first-order valence-corrected chi connectivity index (χ1v) is 6.75. The molecular formula is C14H22BNO2. The zero-order valence-corrected chi connectivity index (χ0v) is 11.2. The molecule has 18 heavy (non-hydrogen) atoms. The van der Waals surface area contributed by atoms with Gasteiger partial charge < -0.3 is 10.0 Å². The van der Waals surface area contributed by atoms with Crippen molar-refractivity contribution in [1.29, 1.82) is 0 Å². The van der Waals surface area contributed by atoms with Crippen LogP contribution in [0.1, 0.15) is 32.3 Å². The zero-order chi connectivity index (χ0) is 13.1. The molecule has 0 heterocycles. The predicted molar refractivity (Wildman–Crippen MR) is 74.5 cm³/mol. The molecule has 0 spiro atoms. The number of hydrogen-bond donors (Lipinski definition) is 2. The van der Waals surface area contributed by atoms with Crippen LogP contribution in [-0.2, 0) is 6.54 Å². The van der Waals surface area contributed by atoms with Crippen molar-refractivity contribution in [3.05, 3.63) is 29.8 Å². The van der Waals surface area contributed by atoms with Gasteiger partial charge in [0.2, 0.25) is 0 Å². The van der Waals surface area contributed by atoms with Crippen LogP contribution in [0.2, 0.25) is 0 Å². The minimum atomic E-state index is -1.37. The van der Waals surface area contributed by atoms with Gasteiger partial charge in [-0.3, -0.25) is 4.90 Å². The third-order valence-electron chi connectivity index (χ3n) is 3.33. The number of hydrogen-bond acceptors (Lipinski definition) is 3. The Labute approximate surface area is 110 Å². The minimum absolute atomic E-state index is 0.556. The third kappa shape index (κ3) is 3.84. The van der Waals surface area contributed by atoms with Crippen molar-refractivity contribution in [3.63, 3.8) is 0 Å². The molecule has 0 aromatic heterocycles. The fraction of sp³-hybridized carbons (Fsp3) is 0.571. The molecule has 0 radical (unpaired) electrons. The van der Waals surface area contributed by atoms with Gasteiger partial charge in [-0.25, -0.2) is 0 Å². The summed E-state index contributed by atoms with van der Waals surface area (Å²) >= 11 is 0. The Balaban J connectivity index is 1.97. The highest BCUT2D eigenvalue weighted by Gasteiger charge is 2.29. The Bertz CT molecular complexity index is 374. The Morgan fingerprint density at radius 3 is 2.28 bits per heavy atom. The van der Waals surface area contributed by atoms with Crippen LogP contribution in [0.4, 0.5) is 0 Å². The summed E-state index contributed by atoms with van der Waals surface area (Å²) in [7, 11) is -1.37. The largest absolute Gasteiger partial charge is 0.488 e. The molecule has 1 fully saturated rings. The predicted octanol–water partition coefficient (Wildman–Crippen LogP) is 0.987. The van der Waals surface area contributed by atoms with Crippen molar-refractivity contribution < 1.29 is 10.0 Å². The second-order valence-corrected chi connectivity index (χ2v) is 5.67. The highest BCUT2D eigenvalue weighted by molar-refractivity contribution is 6.58. The Kier molecular flexibility index (Phi) is 4.43. The quantitative estimate of drug-likeness (QED) is 0.737. The van der Waals surface area contributed by atoms with E-state index in [-0.39, 0.29) is 0 Å². The summed E-state index contributed by atoms with van der Waals surface area (Å²) in [6, 6.07) is 8.33. The lowest BCUT2D eigenvalue weighted by atomic mass is 9.80. The molecule has 1 aliphatic carbocycles. The van der Waals surface area contributed by atoms with Crippen LogP contribution in [0.3, 0.4) is 0 Å². The van der Waals surface area contributed by atoms with E-state index in [1.165, 1.54) is 18.4 Å². The van der Waals surface area contributed by atoms with Gasteiger partial charge in [0.05, 0.1) is 0 Å². The van der Waals surface area contributed by atoms with E-state index in [2.05, 4.69) is 18.7 Å². The molecule has 0 bridgehead atoms. The monoisotopic (exact) mass is 247 g/mol. The summed E-state index contributed by atoms with van der Waals surface area (Å²) in [5.74, 6) is 0.684. The van der Waals surface area contributed by atoms with E-state index >= 15 is 0 Å². The summed E-state index contributed by atoms with van der Waals surface area (Å²) in [6.45, 7) is 6.60. The summed E-state index contributed by atoms with van der Waals surface area (Å²) in [4.78, 5) is 2.54. The molecule has 1 aliphatic rings. The lowest BCUT2D eigenvalue weighted by Gasteiger charge is -2.24. The van der Waals surface area contributed by atoms with Crippen LogP contribution in [0.25, 0.3) is 0 Å². The molecule has 3 nitrogen and oxygen atoms in total. The lowest BCUT2D eigenvalue weighted by molar-refractivity contribution is 0.226. The average molecular weight is 247 g/mol. The van der Waals surface area contributed by atoms with Gasteiger partial charge in [0, 0.05) is 19.1 Å². The van der Waals surface area contributed by atoms with Crippen LogP contribution < -0.4 is 5.46 Å². The Morgan fingerprint density at radius 1 is 1.22 bits per heavy atom. The van der Waals surface area contributed by atoms with Crippen LogP contribution in [0, 0.1) is 5.92 Å². The molecule has 1 saturated carbocycles. The lowest BCUT2D eigenvalue weighted by Crippen LogP contribution is -2.31. The normalized spacial score (nSPS) is 15.4. The van der Waals surface area contributed by atoms with Crippen molar-refractivity contribution in [3.8, 4) is 0 Å². The summed E-state index contributed by atoms with van der Waals surface area (Å²) in [5.41, 5.74) is 1.80. The van der Waals surface area contributed by atoms with Gasteiger partial charge in [0.1, 0.15) is 0 Å². The van der Waals surface area contributed by atoms with E-state index in [0.29, 0.717) is 11.4 Å². The van der Waals surface area contributed by atoms with Crippen molar-refractivity contribution in [2.75, 3.05) is 6.54 Å². The standard InChI is InChI=1S/C14H22BNO2/c1-11(2)9-16(14-7-8-14)10-12-3-5-13(6-4-12)15(17)18/h3-6,11,14,17-18H,7-10H2,1-2H3. The molecule has 1 aromatic carbocycles. The van der Waals surface area contributed by atoms with Crippen LogP contribution in [0.5, 0.6) is 0 Å². The van der Waals surface area contributed by atoms with E-state index in [4.69, 9.17) is 10.0 Å². The van der Waals surface area contributed by atoms with Crippen molar-refractivity contribution in [2.45, 2.75) is 39.3 Å². The van der Waals surface area contributed by atoms with Crippen LogP contribution in [0.15, 0.2) is 24.3 Å². The smallest absolute Gasteiger partial charge is 0.423 e. The van der Waals surface area contributed by atoms with Gasteiger partial charge >= 0.3 is 7.12 Å². The summed E-state index contributed by atoms with van der Waals surface area (Å²) < 4.78 is 0. The van der Waals surface area contributed by atoms with E-state index < -0.39 is 7.12 Å². The van der Waals surface area contributed by atoms with E-state index in [1.807, 2.05) is 12.1 Å². The second-order valence-electron chi connectivity index (χ2n) is 5.67. The molecule has 0 amide bonds. The number of rotatable bonds is 6. The Hall–Kier alpha value is -0.835. The summed E-state index contributed by atoms with van der Waals surface area (Å²) in [5, 5.41) is 18.1. The molecule has 0 unspecified atom stereocenters. The molecule has 0 aliphatic heterocycles. The van der Waals surface area contributed by atoms with Gasteiger partial charge in [-0.05, 0) is 29.8 Å². The number of nitrogens with zero attached hydrogens (tertiary/aromatic N) is 1. The maximum Gasteiger partial charge on any atom is 0.488 e. The fourth-order valence-electron chi connectivity index (χ4n) is 2.28. The molecular weight excluding hydrogens is 225 g/mol.